The Morgan fingerprint density at radius 1 is 1.32 bits per heavy atom. The quantitative estimate of drug-likeness (QED) is 0.818. The van der Waals surface area contributed by atoms with Crippen LogP contribution in [-0.4, -0.2) is 40.6 Å². The van der Waals surface area contributed by atoms with Gasteiger partial charge in [0.15, 0.2) is 0 Å². The predicted octanol–water partition coefficient (Wildman–Crippen LogP) is 1.66. The van der Waals surface area contributed by atoms with E-state index >= 15 is 0 Å². The first kappa shape index (κ1) is 14.8. The van der Waals surface area contributed by atoms with Gasteiger partial charge in [0.1, 0.15) is 0 Å². The van der Waals surface area contributed by atoms with Gasteiger partial charge in [0.05, 0.1) is 11.1 Å². The minimum absolute atomic E-state index is 0.0133. The number of aliphatic hydroxyl groups is 1. The first-order valence-electron chi connectivity index (χ1n) is 7.62. The maximum atomic E-state index is 12.6. The minimum Gasteiger partial charge on any atom is -0.388 e. The smallest absolute Gasteiger partial charge is 0.242 e. The molecule has 0 aromatic heterocycles. The molecule has 0 bridgehead atoms. The van der Waals surface area contributed by atoms with Gasteiger partial charge in [0.25, 0.3) is 0 Å². The molecule has 0 aliphatic heterocycles. The second-order valence-corrected chi connectivity index (χ2v) is 6.95. The van der Waals surface area contributed by atoms with Crippen LogP contribution in [0.5, 0.6) is 0 Å². The molecule has 0 spiro atoms. The van der Waals surface area contributed by atoms with Crippen molar-refractivity contribution in [2.45, 2.75) is 69.4 Å². The Morgan fingerprint density at radius 2 is 1.95 bits per heavy atom. The van der Waals surface area contributed by atoms with Crippen molar-refractivity contribution in [2.24, 2.45) is 11.7 Å². The number of hydrogen-bond acceptors (Lipinski definition) is 3. The molecule has 2 atom stereocenters. The number of rotatable bonds is 3. The molecule has 0 heterocycles. The Labute approximate surface area is 116 Å². The highest BCUT2D eigenvalue weighted by Crippen LogP contribution is 2.34. The zero-order chi connectivity index (χ0) is 14.1. The number of hydrogen-bond donors (Lipinski definition) is 2. The SMILES string of the molecule is CC1CCCC(N)(C(=O)N(C)CC2(O)CCCC2)C1. The summed E-state index contributed by atoms with van der Waals surface area (Å²) in [5.41, 5.74) is 4.95. The van der Waals surface area contributed by atoms with Crippen molar-refractivity contribution < 1.29 is 9.90 Å². The van der Waals surface area contributed by atoms with E-state index in [1.807, 2.05) is 0 Å². The summed E-state index contributed by atoms with van der Waals surface area (Å²) in [6.45, 7) is 2.59. The van der Waals surface area contributed by atoms with Gasteiger partial charge < -0.3 is 15.7 Å². The number of likely N-dealkylation sites (N-methyl/N-ethyl adjacent to an activating group) is 1. The standard InChI is InChI=1S/C15H28N2O2/c1-12-6-5-9-15(16,10-12)13(18)17(2)11-14(19)7-3-4-8-14/h12,19H,3-11,16H2,1-2H3. The lowest BCUT2D eigenvalue weighted by Gasteiger charge is -2.39. The van der Waals surface area contributed by atoms with Crippen LogP contribution in [0.3, 0.4) is 0 Å². The van der Waals surface area contributed by atoms with Gasteiger partial charge in [0.2, 0.25) is 5.91 Å². The van der Waals surface area contributed by atoms with Gasteiger partial charge in [0, 0.05) is 13.6 Å². The fourth-order valence-corrected chi connectivity index (χ4v) is 3.87. The van der Waals surface area contributed by atoms with Crippen LogP contribution in [-0.2, 0) is 4.79 Å². The van der Waals surface area contributed by atoms with Crippen molar-refractivity contribution in [2.75, 3.05) is 13.6 Å². The molecule has 0 aromatic carbocycles. The van der Waals surface area contributed by atoms with Gasteiger partial charge in [-0.25, -0.2) is 0 Å². The lowest BCUT2D eigenvalue weighted by molar-refractivity contribution is -0.140. The van der Waals surface area contributed by atoms with Crippen molar-refractivity contribution in [1.82, 2.24) is 4.90 Å². The molecule has 2 aliphatic carbocycles. The highest BCUT2D eigenvalue weighted by atomic mass is 16.3. The third kappa shape index (κ3) is 3.29. The van der Waals surface area contributed by atoms with Crippen LogP contribution < -0.4 is 5.73 Å². The Balaban J connectivity index is 1.98. The maximum absolute atomic E-state index is 12.6. The third-order valence-corrected chi connectivity index (χ3v) is 4.87. The van der Waals surface area contributed by atoms with E-state index in [0.29, 0.717) is 12.5 Å². The Hall–Kier alpha value is -0.610. The summed E-state index contributed by atoms with van der Waals surface area (Å²) in [5, 5.41) is 10.4. The van der Waals surface area contributed by atoms with Crippen molar-refractivity contribution in [3.8, 4) is 0 Å². The van der Waals surface area contributed by atoms with Crippen LogP contribution in [0.1, 0.15) is 58.3 Å². The molecule has 2 aliphatic rings. The summed E-state index contributed by atoms with van der Waals surface area (Å²) in [4.78, 5) is 14.3. The summed E-state index contributed by atoms with van der Waals surface area (Å²) in [6, 6.07) is 0. The zero-order valence-electron chi connectivity index (χ0n) is 12.3. The number of amides is 1. The van der Waals surface area contributed by atoms with Crippen LogP contribution in [0.4, 0.5) is 0 Å². The number of carbonyl (C=O) groups excluding carboxylic acids is 1. The van der Waals surface area contributed by atoms with Gasteiger partial charge >= 0.3 is 0 Å². The van der Waals surface area contributed by atoms with Crippen molar-refractivity contribution >= 4 is 5.91 Å². The summed E-state index contributed by atoms with van der Waals surface area (Å²) < 4.78 is 0. The van der Waals surface area contributed by atoms with Gasteiger partial charge in [-0.2, -0.15) is 0 Å². The second-order valence-electron chi connectivity index (χ2n) is 6.95. The lowest BCUT2D eigenvalue weighted by Crippen LogP contribution is -2.58. The molecule has 2 fully saturated rings. The molecule has 4 nitrogen and oxygen atoms in total. The average Bonchev–Trinajstić information content (AvgIpc) is 2.74. The summed E-state index contributed by atoms with van der Waals surface area (Å²) in [5.74, 6) is 0.532. The molecule has 3 N–H and O–H groups in total. The topological polar surface area (TPSA) is 66.6 Å². The summed E-state index contributed by atoms with van der Waals surface area (Å²) in [7, 11) is 1.78. The normalized spacial score (nSPS) is 34.2. The average molecular weight is 268 g/mol. The maximum Gasteiger partial charge on any atom is 0.242 e. The first-order valence-corrected chi connectivity index (χ1v) is 7.62. The fraction of sp³-hybridized carbons (Fsp3) is 0.933. The van der Waals surface area contributed by atoms with Crippen LogP contribution in [0, 0.1) is 5.92 Å². The van der Waals surface area contributed by atoms with Gasteiger partial charge in [-0.05, 0) is 31.6 Å². The van der Waals surface area contributed by atoms with Gasteiger partial charge in [-0.3, -0.25) is 4.79 Å². The molecule has 2 saturated carbocycles. The van der Waals surface area contributed by atoms with E-state index in [0.717, 1.165) is 44.9 Å². The van der Waals surface area contributed by atoms with E-state index in [2.05, 4.69) is 6.92 Å². The molecule has 0 saturated heterocycles. The largest absolute Gasteiger partial charge is 0.388 e. The minimum atomic E-state index is -0.707. The van der Waals surface area contributed by atoms with E-state index < -0.39 is 11.1 Å². The Morgan fingerprint density at radius 3 is 2.53 bits per heavy atom. The highest BCUT2D eigenvalue weighted by Gasteiger charge is 2.42. The molecule has 1 amide bonds. The number of nitrogens with zero attached hydrogens (tertiary/aromatic N) is 1. The molecule has 4 heteroatoms. The number of carbonyl (C=O) groups is 1. The fourth-order valence-electron chi connectivity index (χ4n) is 3.87. The molecule has 110 valence electrons. The van der Waals surface area contributed by atoms with E-state index in [1.165, 1.54) is 6.42 Å². The monoisotopic (exact) mass is 268 g/mol. The van der Waals surface area contributed by atoms with Crippen LogP contribution in [0.25, 0.3) is 0 Å². The molecule has 19 heavy (non-hydrogen) atoms. The van der Waals surface area contributed by atoms with E-state index in [4.69, 9.17) is 5.73 Å². The van der Waals surface area contributed by atoms with E-state index in [-0.39, 0.29) is 5.91 Å². The molecule has 2 rings (SSSR count). The second kappa shape index (κ2) is 5.41. The van der Waals surface area contributed by atoms with Crippen LogP contribution in [0.2, 0.25) is 0 Å². The van der Waals surface area contributed by atoms with Crippen molar-refractivity contribution in [1.29, 1.82) is 0 Å². The lowest BCUT2D eigenvalue weighted by atomic mass is 9.76. The summed E-state index contributed by atoms with van der Waals surface area (Å²) >= 11 is 0. The molecule has 0 radical (unpaired) electrons. The van der Waals surface area contributed by atoms with Crippen LogP contribution in [0.15, 0.2) is 0 Å². The summed E-state index contributed by atoms with van der Waals surface area (Å²) in [6.07, 6.45) is 7.47. The van der Waals surface area contributed by atoms with Gasteiger partial charge in [-0.15, -0.1) is 0 Å². The third-order valence-electron chi connectivity index (χ3n) is 4.87. The number of nitrogens with two attached hydrogens (primary N) is 1. The predicted molar refractivity (Wildman–Crippen MR) is 75.6 cm³/mol. The molecular weight excluding hydrogens is 240 g/mol. The van der Waals surface area contributed by atoms with Gasteiger partial charge in [-0.1, -0.05) is 32.6 Å². The zero-order valence-corrected chi connectivity index (χ0v) is 12.3. The Bertz CT molecular complexity index is 339. The first-order chi connectivity index (χ1) is 8.85. The molecular formula is C15H28N2O2. The van der Waals surface area contributed by atoms with E-state index in [1.54, 1.807) is 11.9 Å². The van der Waals surface area contributed by atoms with Crippen molar-refractivity contribution in [3.05, 3.63) is 0 Å². The molecule has 2 unspecified atom stereocenters. The Kier molecular flexibility index (Phi) is 4.21. The van der Waals surface area contributed by atoms with E-state index in [9.17, 15) is 9.90 Å². The highest BCUT2D eigenvalue weighted by molar-refractivity contribution is 5.86. The van der Waals surface area contributed by atoms with Crippen LogP contribution >= 0.6 is 0 Å². The molecule has 0 aromatic rings. The van der Waals surface area contributed by atoms with Crippen molar-refractivity contribution in [3.63, 3.8) is 0 Å².